The number of hydrogen-bond acceptors (Lipinski definition) is 6. The molecule has 0 N–H and O–H groups in total. The molecule has 0 fully saturated rings. The smallest absolute Gasteiger partial charge is 0.188 e. The molecule has 0 radical (unpaired) electrons. The minimum atomic E-state index is 0.0584. The Balaban J connectivity index is 2.81. The van der Waals surface area contributed by atoms with E-state index in [9.17, 15) is 4.79 Å². The van der Waals surface area contributed by atoms with Crippen molar-refractivity contribution in [3.8, 4) is 34.1 Å². The van der Waals surface area contributed by atoms with Crippen LogP contribution in [0, 0.1) is 0 Å². The molecule has 6 heteroatoms. The first-order chi connectivity index (χ1) is 11.7. The summed E-state index contributed by atoms with van der Waals surface area (Å²) in [5.74, 6) is 1.98. The van der Waals surface area contributed by atoms with Gasteiger partial charge in [0.1, 0.15) is 23.0 Å². The van der Waals surface area contributed by atoms with Crippen LogP contribution in [-0.2, 0) is 4.74 Å². The highest BCUT2D eigenvalue weighted by Crippen LogP contribution is 2.46. The van der Waals surface area contributed by atoms with Crippen molar-refractivity contribution in [3.05, 3.63) is 35.9 Å². The molecule has 0 heterocycles. The van der Waals surface area contributed by atoms with Gasteiger partial charge in [-0.15, -0.1) is 0 Å². The van der Waals surface area contributed by atoms with Crippen LogP contribution in [0.1, 0.15) is 10.4 Å². The summed E-state index contributed by atoms with van der Waals surface area (Å²) in [6.45, 7) is 0.0584. The summed E-state index contributed by atoms with van der Waals surface area (Å²) in [6, 6.07) is 8.75. The maximum atomic E-state index is 11.7. The summed E-state index contributed by atoms with van der Waals surface area (Å²) in [5.41, 5.74) is 1.48. The molecule has 0 aliphatic carbocycles. The van der Waals surface area contributed by atoms with Crippen LogP contribution in [0.2, 0.25) is 0 Å². The van der Waals surface area contributed by atoms with E-state index in [4.69, 9.17) is 23.7 Å². The van der Waals surface area contributed by atoms with Gasteiger partial charge in [-0.25, -0.2) is 0 Å². The molecule has 6 nitrogen and oxygen atoms in total. The normalized spacial score (nSPS) is 10.2. The van der Waals surface area contributed by atoms with E-state index in [1.807, 2.05) is 0 Å². The molecule has 0 saturated heterocycles. The summed E-state index contributed by atoms with van der Waals surface area (Å²) < 4.78 is 26.8. The molecule has 0 bridgehead atoms. The number of hydrogen-bond donors (Lipinski definition) is 0. The van der Waals surface area contributed by atoms with Crippen molar-refractivity contribution in [2.75, 3.05) is 35.2 Å². The number of rotatable bonds is 8. The summed E-state index contributed by atoms with van der Waals surface area (Å²) in [5, 5.41) is 0. The molecule has 2 aromatic rings. The van der Waals surface area contributed by atoms with Crippen LogP contribution in [0.5, 0.6) is 23.0 Å². The lowest BCUT2D eigenvalue weighted by Crippen LogP contribution is -2.04. The van der Waals surface area contributed by atoms with Crippen LogP contribution in [0.4, 0.5) is 0 Å². The Bertz CT molecular complexity index is 711. The number of aldehydes is 1. The van der Waals surface area contributed by atoms with E-state index >= 15 is 0 Å². The lowest BCUT2D eigenvalue weighted by molar-refractivity contribution is 0.0514. The highest BCUT2D eigenvalue weighted by Gasteiger charge is 2.23. The highest BCUT2D eigenvalue weighted by molar-refractivity contribution is 5.97. The standard InChI is InChI=1S/C18H20O6/c1-20-11-24-16-7-5-6-14(22-3)18(16)17-12(10-19)13(21-2)8-9-15(17)23-4/h5-10H,11H2,1-4H3. The largest absolute Gasteiger partial charge is 0.496 e. The molecule has 0 spiro atoms. The average Bonchev–Trinajstić information content (AvgIpc) is 2.64. The Morgan fingerprint density at radius 3 is 1.96 bits per heavy atom. The van der Waals surface area contributed by atoms with Crippen LogP contribution in [-0.4, -0.2) is 41.5 Å². The first kappa shape index (κ1) is 17.6. The molecule has 0 aliphatic heterocycles. The highest BCUT2D eigenvalue weighted by atomic mass is 16.7. The summed E-state index contributed by atoms with van der Waals surface area (Å²) >= 11 is 0. The van der Waals surface area contributed by atoms with Gasteiger partial charge in [0.05, 0.1) is 32.5 Å². The third-order valence-electron chi connectivity index (χ3n) is 3.52. The van der Waals surface area contributed by atoms with Gasteiger partial charge in [-0.2, -0.15) is 0 Å². The van der Waals surface area contributed by atoms with E-state index in [1.165, 1.54) is 21.3 Å². The number of carbonyl (C=O) groups is 1. The number of carbonyl (C=O) groups excluding carboxylic acids is 1. The van der Waals surface area contributed by atoms with E-state index in [-0.39, 0.29) is 6.79 Å². The van der Waals surface area contributed by atoms with Gasteiger partial charge in [0.15, 0.2) is 13.1 Å². The van der Waals surface area contributed by atoms with Crippen molar-refractivity contribution < 1.29 is 28.5 Å². The molecule has 0 atom stereocenters. The molecule has 0 unspecified atom stereocenters. The van der Waals surface area contributed by atoms with Gasteiger partial charge in [-0.05, 0) is 24.3 Å². The second-order valence-corrected chi connectivity index (χ2v) is 4.76. The van der Waals surface area contributed by atoms with Crippen LogP contribution in [0.25, 0.3) is 11.1 Å². The summed E-state index contributed by atoms with van der Waals surface area (Å²) in [4.78, 5) is 11.7. The Morgan fingerprint density at radius 1 is 0.792 bits per heavy atom. The lowest BCUT2D eigenvalue weighted by Gasteiger charge is -2.19. The fourth-order valence-electron chi connectivity index (χ4n) is 2.47. The fourth-order valence-corrected chi connectivity index (χ4v) is 2.47. The summed E-state index contributed by atoms with van der Waals surface area (Å²) in [6.07, 6.45) is 0.725. The van der Waals surface area contributed by atoms with E-state index < -0.39 is 0 Å². The molecule has 128 valence electrons. The molecule has 0 aromatic heterocycles. The van der Waals surface area contributed by atoms with Crippen molar-refractivity contribution in [2.45, 2.75) is 0 Å². The molecule has 0 saturated carbocycles. The first-order valence-electron chi connectivity index (χ1n) is 7.21. The topological polar surface area (TPSA) is 63.2 Å². The predicted molar refractivity (Wildman–Crippen MR) is 89.4 cm³/mol. The maximum absolute atomic E-state index is 11.7. The van der Waals surface area contributed by atoms with E-state index in [1.54, 1.807) is 37.4 Å². The summed E-state index contributed by atoms with van der Waals surface area (Å²) in [7, 11) is 6.11. The van der Waals surface area contributed by atoms with Crippen molar-refractivity contribution in [1.29, 1.82) is 0 Å². The molecule has 0 amide bonds. The molecule has 24 heavy (non-hydrogen) atoms. The number of ether oxygens (including phenoxy) is 5. The van der Waals surface area contributed by atoms with Gasteiger partial charge in [0.25, 0.3) is 0 Å². The van der Waals surface area contributed by atoms with Gasteiger partial charge in [-0.1, -0.05) is 6.07 Å². The monoisotopic (exact) mass is 332 g/mol. The second-order valence-electron chi connectivity index (χ2n) is 4.76. The number of methoxy groups -OCH3 is 4. The van der Waals surface area contributed by atoms with E-state index in [0.29, 0.717) is 39.7 Å². The zero-order valence-corrected chi connectivity index (χ0v) is 14.1. The van der Waals surface area contributed by atoms with Gasteiger partial charge in [-0.3, -0.25) is 4.79 Å². The zero-order valence-electron chi connectivity index (χ0n) is 14.1. The molecule has 2 aromatic carbocycles. The van der Waals surface area contributed by atoms with Crippen LogP contribution in [0.15, 0.2) is 30.3 Å². The minimum Gasteiger partial charge on any atom is -0.496 e. The lowest BCUT2D eigenvalue weighted by atomic mass is 9.96. The van der Waals surface area contributed by atoms with Crippen molar-refractivity contribution in [1.82, 2.24) is 0 Å². The van der Waals surface area contributed by atoms with Gasteiger partial charge in [0, 0.05) is 12.7 Å². The van der Waals surface area contributed by atoms with E-state index in [0.717, 1.165) is 6.29 Å². The molecule has 0 aliphatic rings. The maximum Gasteiger partial charge on any atom is 0.188 e. The third kappa shape index (κ3) is 3.28. The molecular weight excluding hydrogens is 312 g/mol. The quantitative estimate of drug-likeness (QED) is 0.546. The van der Waals surface area contributed by atoms with Gasteiger partial charge < -0.3 is 23.7 Å². The van der Waals surface area contributed by atoms with Crippen LogP contribution >= 0.6 is 0 Å². The minimum absolute atomic E-state index is 0.0584. The zero-order chi connectivity index (χ0) is 17.5. The van der Waals surface area contributed by atoms with Crippen molar-refractivity contribution in [3.63, 3.8) is 0 Å². The van der Waals surface area contributed by atoms with Crippen LogP contribution < -0.4 is 18.9 Å². The van der Waals surface area contributed by atoms with Crippen molar-refractivity contribution >= 4 is 6.29 Å². The molecular formula is C18H20O6. The van der Waals surface area contributed by atoms with Crippen molar-refractivity contribution in [2.24, 2.45) is 0 Å². The fraction of sp³-hybridized carbons (Fsp3) is 0.278. The SMILES string of the molecule is COCOc1cccc(OC)c1-c1c(OC)ccc(OC)c1C=O. The third-order valence-corrected chi connectivity index (χ3v) is 3.52. The Morgan fingerprint density at radius 2 is 1.38 bits per heavy atom. The Labute approximate surface area is 140 Å². The Hall–Kier alpha value is -2.73. The van der Waals surface area contributed by atoms with Crippen LogP contribution in [0.3, 0.4) is 0 Å². The second kappa shape index (κ2) is 8.21. The Kier molecular flexibility index (Phi) is 6.03. The van der Waals surface area contributed by atoms with Gasteiger partial charge >= 0.3 is 0 Å². The number of benzene rings is 2. The van der Waals surface area contributed by atoms with E-state index in [2.05, 4.69) is 0 Å². The molecule has 2 rings (SSSR count). The first-order valence-corrected chi connectivity index (χ1v) is 7.21. The predicted octanol–water partition coefficient (Wildman–Crippen LogP) is 3.17. The van der Waals surface area contributed by atoms with Gasteiger partial charge in [0.2, 0.25) is 0 Å². The average molecular weight is 332 g/mol.